The smallest absolute Gasteiger partial charge is 0.246 e. The predicted octanol–water partition coefficient (Wildman–Crippen LogP) is 3.64. The second-order valence-corrected chi connectivity index (χ2v) is 5.65. The Hall–Kier alpha value is -3.14. The molecule has 0 saturated heterocycles. The summed E-state index contributed by atoms with van der Waals surface area (Å²) in [6, 6.07) is 19.9. The van der Waals surface area contributed by atoms with Crippen LogP contribution in [0.15, 0.2) is 72.9 Å². The van der Waals surface area contributed by atoms with E-state index in [9.17, 15) is 4.79 Å². The normalized spacial score (nSPS) is 10.9. The van der Waals surface area contributed by atoms with Gasteiger partial charge >= 0.3 is 0 Å². The topological polar surface area (TPSA) is 38.1 Å². The lowest BCUT2D eigenvalue weighted by molar-refractivity contribution is -0.123. The summed E-state index contributed by atoms with van der Waals surface area (Å²) >= 11 is 0. The zero-order valence-electron chi connectivity index (χ0n) is 13.8. The van der Waals surface area contributed by atoms with Gasteiger partial charge in [-0.25, -0.2) is 4.68 Å². The molecule has 0 radical (unpaired) electrons. The van der Waals surface area contributed by atoms with Gasteiger partial charge in [-0.2, -0.15) is 5.10 Å². The molecule has 0 fully saturated rings. The van der Waals surface area contributed by atoms with Gasteiger partial charge in [0.15, 0.2) is 0 Å². The van der Waals surface area contributed by atoms with Crippen LogP contribution in [0, 0.1) is 0 Å². The van der Waals surface area contributed by atoms with Crippen molar-refractivity contribution in [1.29, 1.82) is 0 Å². The van der Waals surface area contributed by atoms with E-state index in [2.05, 4.69) is 0 Å². The molecule has 4 heteroatoms. The molecule has 4 nitrogen and oxygen atoms in total. The number of hydrogen-bond acceptors (Lipinski definition) is 2. The summed E-state index contributed by atoms with van der Waals surface area (Å²) < 4.78 is 1.84. The first-order valence-corrected chi connectivity index (χ1v) is 7.75. The fourth-order valence-corrected chi connectivity index (χ4v) is 2.35. The van der Waals surface area contributed by atoms with Crippen molar-refractivity contribution >= 4 is 12.0 Å². The molecule has 0 aliphatic heterocycles. The zero-order chi connectivity index (χ0) is 16.9. The number of amides is 1. The second-order valence-electron chi connectivity index (χ2n) is 5.65. The Morgan fingerprint density at radius 3 is 2.25 bits per heavy atom. The van der Waals surface area contributed by atoms with E-state index in [0.29, 0.717) is 0 Å². The third-order valence-corrected chi connectivity index (χ3v) is 3.66. The van der Waals surface area contributed by atoms with Crippen molar-refractivity contribution in [3.63, 3.8) is 0 Å². The maximum absolute atomic E-state index is 11.9. The first kappa shape index (κ1) is 15.7. The maximum Gasteiger partial charge on any atom is 0.246 e. The largest absolute Gasteiger partial charge is 0.345 e. The lowest BCUT2D eigenvalue weighted by atomic mass is 10.1. The Kier molecular flexibility index (Phi) is 4.57. The van der Waals surface area contributed by atoms with E-state index < -0.39 is 0 Å². The van der Waals surface area contributed by atoms with E-state index in [-0.39, 0.29) is 5.91 Å². The number of likely N-dealkylation sites (N-methyl/N-ethyl adjacent to an activating group) is 1. The molecule has 24 heavy (non-hydrogen) atoms. The average molecular weight is 317 g/mol. The van der Waals surface area contributed by atoms with Crippen LogP contribution in [0.1, 0.15) is 5.56 Å². The highest BCUT2D eigenvalue weighted by Crippen LogP contribution is 2.24. The summed E-state index contributed by atoms with van der Waals surface area (Å²) in [5, 5.41) is 4.71. The number of carbonyl (C=O) groups is 1. The molecular formula is C20H19N3O. The molecular weight excluding hydrogens is 298 g/mol. The van der Waals surface area contributed by atoms with Crippen LogP contribution in [-0.4, -0.2) is 34.7 Å². The molecule has 1 aromatic heterocycles. The Morgan fingerprint density at radius 1 is 1.00 bits per heavy atom. The molecule has 1 heterocycles. The van der Waals surface area contributed by atoms with E-state index in [1.807, 2.05) is 77.6 Å². The van der Waals surface area contributed by atoms with Gasteiger partial charge in [-0.05, 0) is 18.2 Å². The van der Waals surface area contributed by atoms with Crippen LogP contribution in [0.3, 0.4) is 0 Å². The van der Waals surface area contributed by atoms with E-state index in [0.717, 1.165) is 22.5 Å². The molecule has 1 amide bonds. The Morgan fingerprint density at radius 2 is 1.62 bits per heavy atom. The molecule has 2 aromatic carbocycles. The Balaban J connectivity index is 2.05. The molecule has 0 aliphatic carbocycles. The number of carbonyl (C=O) groups excluding carboxylic acids is 1. The van der Waals surface area contributed by atoms with E-state index >= 15 is 0 Å². The standard InChI is InChI=1S/C20H19N3O/c1-22(2)19(24)14-13-17-15-23(18-11-7-4-8-12-18)21-20(17)16-9-5-3-6-10-16/h3-15H,1-2H3. The second kappa shape index (κ2) is 6.96. The van der Waals surface area contributed by atoms with Crippen LogP contribution in [0.25, 0.3) is 23.0 Å². The molecule has 0 N–H and O–H groups in total. The van der Waals surface area contributed by atoms with Gasteiger partial charge in [0.25, 0.3) is 0 Å². The van der Waals surface area contributed by atoms with Gasteiger partial charge in [0.05, 0.1) is 11.4 Å². The molecule has 0 saturated carbocycles. The minimum absolute atomic E-state index is 0.0542. The van der Waals surface area contributed by atoms with Gasteiger partial charge in [-0.15, -0.1) is 0 Å². The monoisotopic (exact) mass is 317 g/mol. The summed E-state index contributed by atoms with van der Waals surface area (Å²) in [5.41, 5.74) is 3.75. The van der Waals surface area contributed by atoms with Crippen LogP contribution in [0.5, 0.6) is 0 Å². The Bertz CT molecular complexity index is 849. The first-order chi connectivity index (χ1) is 11.6. The number of benzene rings is 2. The number of para-hydroxylation sites is 1. The minimum Gasteiger partial charge on any atom is -0.345 e. The van der Waals surface area contributed by atoms with Crippen molar-refractivity contribution in [2.75, 3.05) is 14.1 Å². The van der Waals surface area contributed by atoms with E-state index in [1.54, 1.807) is 25.1 Å². The van der Waals surface area contributed by atoms with Crippen LogP contribution in [0.4, 0.5) is 0 Å². The fourth-order valence-electron chi connectivity index (χ4n) is 2.35. The highest BCUT2D eigenvalue weighted by atomic mass is 16.2. The Labute approximate surface area is 141 Å². The fraction of sp³-hybridized carbons (Fsp3) is 0.100. The highest BCUT2D eigenvalue weighted by Gasteiger charge is 2.10. The molecule has 3 aromatic rings. The van der Waals surface area contributed by atoms with Crippen molar-refractivity contribution in [3.05, 3.63) is 78.5 Å². The minimum atomic E-state index is -0.0542. The number of hydrogen-bond donors (Lipinski definition) is 0. The maximum atomic E-state index is 11.9. The molecule has 0 atom stereocenters. The third kappa shape index (κ3) is 3.43. The lowest BCUT2D eigenvalue weighted by Gasteiger charge is -2.05. The first-order valence-electron chi connectivity index (χ1n) is 7.75. The lowest BCUT2D eigenvalue weighted by Crippen LogP contribution is -2.18. The number of rotatable bonds is 4. The molecule has 0 unspecified atom stereocenters. The van der Waals surface area contributed by atoms with Crippen molar-refractivity contribution in [2.24, 2.45) is 0 Å². The van der Waals surface area contributed by atoms with Crippen LogP contribution < -0.4 is 0 Å². The van der Waals surface area contributed by atoms with Crippen LogP contribution in [-0.2, 0) is 4.79 Å². The predicted molar refractivity (Wildman–Crippen MR) is 96.7 cm³/mol. The van der Waals surface area contributed by atoms with Gasteiger partial charge in [0, 0.05) is 37.5 Å². The summed E-state index contributed by atoms with van der Waals surface area (Å²) in [4.78, 5) is 13.4. The van der Waals surface area contributed by atoms with Gasteiger partial charge in [0.2, 0.25) is 5.91 Å². The SMILES string of the molecule is CN(C)C(=O)C=Cc1cn(-c2ccccc2)nc1-c1ccccc1. The molecule has 0 bridgehead atoms. The van der Waals surface area contributed by atoms with Gasteiger partial charge in [-0.1, -0.05) is 48.5 Å². The van der Waals surface area contributed by atoms with Crippen LogP contribution in [0.2, 0.25) is 0 Å². The zero-order valence-corrected chi connectivity index (χ0v) is 13.8. The summed E-state index contributed by atoms with van der Waals surface area (Å²) in [6.45, 7) is 0. The van der Waals surface area contributed by atoms with Crippen molar-refractivity contribution in [1.82, 2.24) is 14.7 Å². The third-order valence-electron chi connectivity index (χ3n) is 3.66. The molecule has 120 valence electrons. The number of nitrogens with zero attached hydrogens (tertiary/aromatic N) is 3. The van der Waals surface area contributed by atoms with Gasteiger partial charge in [0.1, 0.15) is 0 Å². The van der Waals surface area contributed by atoms with Crippen molar-refractivity contribution in [2.45, 2.75) is 0 Å². The summed E-state index contributed by atoms with van der Waals surface area (Å²) in [5.74, 6) is -0.0542. The summed E-state index contributed by atoms with van der Waals surface area (Å²) in [7, 11) is 3.47. The molecule has 0 spiro atoms. The van der Waals surface area contributed by atoms with E-state index in [1.165, 1.54) is 0 Å². The van der Waals surface area contributed by atoms with Crippen molar-refractivity contribution in [3.8, 4) is 16.9 Å². The number of aromatic nitrogens is 2. The molecule has 0 aliphatic rings. The van der Waals surface area contributed by atoms with Crippen LogP contribution >= 0.6 is 0 Å². The quantitative estimate of drug-likeness (QED) is 0.689. The van der Waals surface area contributed by atoms with Crippen molar-refractivity contribution < 1.29 is 4.79 Å². The van der Waals surface area contributed by atoms with E-state index in [4.69, 9.17) is 5.10 Å². The summed E-state index contributed by atoms with van der Waals surface area (Å²) in [6.07, 6.45) is 5.33. The molecule has 3 rings (SSSR count). The average Bonchev–Trinajstić information content (AvgIpc) is 3.05. The van der Waals surface area contributed by atoms with Gasteiger partial charge < -0.3 is 4.90 Å². The highest BCUT2D eigenvalue weighted by molar-refractivity contribution is 5.92. The van der Waals surface area contributed by atoms with Gasteiger partial charge in [-0.3, -0.25) is 4.79 Å².